The number of hydrogen-bond acceptors (Lipinski definition) is 5. The number of thiocarbonyl (C=S) groups is 1. The fourth-order valence-corrected chi connectivity index (χ4v) is 3.73. The van der Waals surface area contributed by atoms with Crippen molar-refractivity contribution in [1.29, 1.82) is 0 Å². The minimum atomic E-state index is -1.11. The Morgan fingerprint density at radius 3 is 2.75 bits per heavy atom. The van der Waals surface area contributed by atoms with Crippen molar-refractivity contribution in [2.24, 2.45) is 5.92 Å². The SMILES string of the molecule is CC(O)[C@H]1C(=O)N2C(C(=O)O)C(=C=S)S[C@H]12. The van der Waals surface area contributed by atoms with Crippen LogP contribution in [0.4, 0.5) is 0 Å². The van der Waals surface area contributed by atoms with Gasteiger partial charge in [-0.05, 0) is 24.2 Å². The van der Waals surface area contributed by atoms with Crippen molar-refractivity contribution in [1.82, 2.24) is 4.90 Å². The zero-order valence-electron chi connectivity index (χ0n) is 8.28. The average Bonchev–Trinajstić information content (AvgIpc) is 2.51. The van der Waals surface area contributed by atoms with Crippen LogP contribution in [0.3, 0.4) is 0 Å². The molecule has 0 aromatic rings. The number of carboxylic acid groups (broad SMARTS) is 1. The van der Waals surface area contributed by atoms with Crippen LogP contribution >= 0.6 is 24.0 Å². The molecule has 2 heterocycles. The van der Waals surface area contributed by atoms with E-state index in [1.165, 1.54) is 23.6 Å². The molecule has 5 nitrogen and oxygen atoms in total. The summed E-state index contributed by atoms with van der Waals surface area (Å²) in [5.74, 6) is -1.98. The van der Waals surface area contributed by atoms with E-state index in [1.54, 1.807) is 0 Å². The first-order valence-electron chi connectivity index (χ1n) is 4.63. The van der Waals surface area contributed by atoms with Crippen LogP contribution in [0.2, 0.25) is 0 Å². The molecule has 2 unspecified atom stereocenters. The summed E-state index contributed by atoms with van der Waals surface area (Å²) in [6.07, 6.45) is -0.778. The normalized spacial score (nSPS) is 34.1. The van der Waals surface area contributed by atoms with Gasteiger partial charge in [-0.1, -0.05) is 11.8 Å². The van der Waals surface area contributed by atoms with E-state index in [9.17, 15) is 14.7 Å². The molecule has 86 valence electrons. The Balaban J connectivity index is 2.31. The number of carboxylic acids is 1. The van der Waals surface area contributed by atoms with Crippen molar-refractivity contribution in [3.05, 3.63) is 4.91 Å². The summed E-state index contributed by atoms with van der Waals surface area (Å²) in [5.41, 5.74) is 0. The number of β-lactam (4-membered cyclic amide) rings is 1. The van der Waals surface area contributed by atoms with Gasteiger partial charge in [-0.3, -0.25) is 4.79 Å². The highest BCUT2D eigenvalue weighted by atomic mass is 32.2. The van der Waals surface area contributed by atoms with Gasteiger partial charge in [0.05, 0.1) is 22.3 Å². The van der Waals surface area contributed by atoms with E-state index < -0.39 is 24.0 Å². The number of thioether (sulfide) groups is 1. The molecule has 2 fully saturated rings. The zero-order valence-corrected chi connectivity index (χ0v) is 9.92. The molecule has 0 saturated carbocycles. The molecule has 4 atom stereocenters. The molecule has 2 aliphatic heterocycles. The number of aliphatic hydroxyl groups excluding tert-OH is 1. The Bertz CT molecular complexity index is 416. The largest absolute Gasteiger partial charge is 0.479 e. The summed E-state index contributed by atoms with van der Waals surface area (Å²) in [7, 11) is 0. The van der Waals surface area contributed by atoms with Gasteiger partial charge in [-0.25, -0.2) is 4.79 Å². The second kappa shape index (κ2) is 3.85. The molecule has 0 bridgehead atoms. The molecule has 0 aromatic heterocycles. The number of hydrogen-bond donors (Lipinski definition) is 2. The van der Waals surface area contributed by atoms with Gasteiger partial charge in [0.1, 0.15) is 0 Å². The van der Waals surface area contributed by atoms with Crippen molar-refractivity contribution in [3.8, 4) is 0 Å². The van der Waals surface area contributed by atoms with Crippen LogP contribution in [0.15, 0.2) is 4.91 Å². The van der Waals surface area contributed by atoms with E-state index >= 15 is 0 Å². The van der Waals surface area contributed by atoms with Crippen molar-refractivity contribution in [2.45, 2.75) is 24.4 Å². The van der Waals surface area contributed by atoms with Gasteiger partial charge in [-0.15, -0.1) is 0 Å². The molecule has 0 aliphatic carbocycles. The fraction of sp³-hybridized carbons (Fsp3) is 0.556. The number of amides is 1. The van der Waals surface area contributed by atoms with Gasteiger partial charge < -0.3 is 15.1 Å². The highest BCUT2D eigenvalue weighted by molar-refractivity contribution is 8.05. The maximum Gasteiger partial charge on any atom is 0.332 e. The summed E-state index contributed by atoms with van der Waals surface area (Å²) in [6, 6.07) is -1.02. The van der Waals surface area contributed by atoms with E-state index in [-0.39, 0.29) is 11.3 Å². The van der Waals surface area contributed by atoms with Gasteiger partial charge in [0.15, 0.2) is 6.04 Å². The van der Waals surface area contributed by atoms with E-state index in [2.05, 4.69) is 17.2 Å². The summed E-state index contributed by atoms with van der Waals surface area (Å²) >= 11 is 5.82. The lowest BCUT2D eigenvalue weighted by atomic mass is 9.91. The average molecular weight is 259 g/mol. The predicted octanol–water partition coefficient (Wildman–Crippen LogP) is -0.166. The smallest absolute Gasteiger partial charge is 0.332 e. The van der Waals surface area contributed by atoms with Crippen LogP contribution in [-0.2, 0) is 9.59 Å². The third kappa shape index (κ3) is 1.40. The van der Waals surface area contributed by atoms with E-state index in [4.69, 9.17) is 5.11 Å². The minimum absolute atomic E-state index is 0.320. The molecule has 7 heteroatoms. The molecule has 2 aliphatic rings. The molecule has 2 N–H and O–H groups in total. The second-order valence-corrected chi connectivity index (χ2v) is 5.09. The molecule has 2 saturated heterocycles. The predicted molar refractivity (Wildman–Crippen MR) is 60.9 cm³/mol. The number of fused-ring (bicyclic) bond motifs is 1. The van der Waals surface area contributed by atoms with Gasteiger partial charge >= 0.3 is 5.97 Å². The number of carbonyl (C=O) groups excluding carboxylic acids is 1. The van der Waals surface area contributed by atoms with Crippen molar-refractivity contribution in [3.63, 3.8) is 0 Å². The molecular formula is C9H9NO4S2. The monoisotopic (exact) mass is 259 g/mol. The molecule has 0 spiro atoms. The number of carbonyl (C=O) groups is 2. The van der Waals surface area contributed by atoms with Crippen LogP contribution in [0.25, 0.3) is 0 Å². The first-order valence-corrected chi connectivity index (χ1v) is 5.92. The summed E-state index contributed by atoms with van der Waals surface area (Å²) in [5, 5.41) is 20.5. The van der Waals surface area contributed by atoms with Crippen molar-refractivity contribution < 1.29 is 19.8 Å². The lowest BCUT2D eigenvalue weighted by Crippen LogP contribution is -2.63. The Labute approximate surface area is 101 Å². The number of nitrogens with zero attached hydrogens (tertiary/aromatic N) is 1. The number of aliphatic carboxylic acids is 1. The van der Waals surface area contributed by atoms with Crippen LogP contribution < -0.4 is 0 Å². The zero-order chi connectivity index (χ0) is 12.0. The van der Waals surface area contributed by atoms with E-state index in [1.807, 2.05) is 0 Å². The first kappa shape index (κ1) is 11.6. The Morgan fingerprint density at radius 1 is 1.69 bits per heavy atom. The number of aliphatic hydroxyl groups is 1. The molecule has 0 aromatic carbocycles. The van der Waals surface area contributed by atoms with Crippen LogP contribution in [-0.4, -0.2) is 49.5 Å². The highest BCUT2D eigenvalue weighted by Gasteiger charge is 2.60. The molecule has 1 amide bonds. The molecular weight excluding hydrogens is 250 g/mol. The van der Waals surface area contributed by atoms with Gasteiger partial charge in [-0.2, -0.15) is 0 Å². The Hall–Kier alpha value is -0.880. The third-order valence-corrected chi connectivity index (χ3v) is 4.44. The first-order chi connectivity index (χ1) is 7.49. The third-order valence-electron chi connectivity index (χ3n) is 2.75. The topological polar surface area (TPSA) is 77.8 Å². The maximum atomic E-state index is 11.7. The second-order valence-electron chi connectivity index (χ2n) is 3.73. The van der Waals surface area contributed by atoms with E-state index in [0.717, 1.165) is 0 Å². The standard InChI is InChI=1S/C9H9NO4S2/c1-3(11)5-7(12)10-6(9(13)14)4(2-15)16-8(5)10/h3,5-6,8,11H,1H3,(H,13,14)/t3?,5-,6?,8+/m0/s1. The van der Waals surface area contributed by atoms with Crippen molar-refractivity contribution in [2.75, 3.05) is 0 Å². The maximum absolute atomic E-state index is 11.7. The van der Waals surface area contributed by atoms with E-state index in [0.29, 0.717) is 4.91 Å². The van der Waals surface area contributed by atoms with Crippen LogP contribution in [0.1, 0.15) is 6.92 Å². The van der Waals surface area contributed by atoms with Gasteiger partial charge in [0.25, 0.3) is 0 Å². The molecule has 2 rings (SSSR count). The minimum Gasteiger partial charge on any atom is -0.479 e. The van der Waals surface area contributed by atoms with Gasteiger partial charge in [0, 0.05) is 0 Å². The van der Waals surface area contributed by atoms with Gasteiger partial charge in [0.2, 0.25) is 5.91 Å². The van der Waals surface area contributed by atoms with Crippen LogP contribution in [0, 0.1) is 5.92 Å². The lowest BCUT2D eigenvalue weighted by Gasteiger charge is -2.44. The van der Waals surface area contributed by atoms with Crippen molar-refractivity contribution >= 4 is 40.9 Å². The molecule has 0 radical (unpaired) electrons. The lowest BCUT2D eigenvalue weighted by molar-refractivity contribution is -0.165. The Morgan fingerprint density at radius 2 is 2.31 bits per heavy atom. The molecule has 16 heavy (non-hydrogen) atoms. The fourth-order valence-electron chi connectivity index (χ4n) is 1.99. The highest BCUT2D eigenvalue weighted by Crippen LogP contribution is 2.49. The quantitative estimate of drug-likeness (QED) is 0.530. The Kier molecular flexibility index (Phi) is 2.79. The summed E-state index contributed by atoms with van der Waals surface area (Å²) < 4.78 is 0. The summed E-state index contributed by atoms with van der Waals surface area (Å²) in [4.78, 5) is 24.3. The summed E-state index contributed by atoms with van der Waals surface area (Å²) in [6.45, 7) is 1.52. The number of rotatable bonds is 2. The van der Waals surface area contributed by atoms with Crippen LogP contribution in [0.5, 0.6) is 0 Å².